The zero-order valence-electron chi connectivity index (χ0n) is 36.6. The number of quaternary nitrogens is 2. The second-order valence-corrected chi connectivity index (χ2v) is 19.6. The quantitative estimate of drug-likeness (QED) is 0.0715. The van der Waals surface area contributed by atoms with E-state index in [1.807, 2.05) is 48.1 Å². The summed E-state index contributed by atoms with van der Waals surface area (Å²) in [6.07, 6.45) is 24.8. The minimum Gasteiger partial charge on any atom is -0.338 e. The second-order valence-electron chi connectivity index (χ2n) is 17.5. The van der Waals surface area contributed by atoms with Crippen LogP contribution < -0.4 is 18.9 Å². The molecule has 6 aromatic rings. The van der Waals surface area contributed by atoms with Crippen molar-refractivity contribution in [2.75, 3.05) is 78.3 Å². The monoisotopic (exact) mass is 848 g/mol. The van der Waals surface area contributed by atoms with Gasteiger partial charge in [-0.05, 0) is 93.9 Å². The SMILES string of the molecule is CN1/C(=C/C=C/c2cc[n+](CCC[N+](C)(C)CCC[N+](C)(C)CCC[n+]3ccc(/C=C/C=C4\Sc5ccccc5N4C)c4cccnc43)c3ncccc23)Sc2ccccc21. The molecule has 6 heterocycles. The average molecular weight is 849 g/mol. The molecule has 0 saturated heterocycles. The molecule has 10 heteroatoms. The Kier molecular flexibility index (Phi) is 13.1. The third-order valence-electron chi connectivity index (χ3n) is 12.0. The predicted molar refractivity (Wildman–Crippen MR) is 257 cm³/mol. The Morgan fingerprint density at radius 3 is 1.41 bits per heavy atom. The van der Waals surface area contributed by atoms with E-state index in [1.165, 1.54) is 72.6 Å². The number of aryl methyl sites for hydroxylation is 2. The lowest BCUT2D eigenvalue weighted by Gasteiger charge is -2.33. The molecule has 2 aliphatic rings. The van der Waals surface area contributed by atoms with Crippen molar-refractivity contribution in [1.29, 1.82) is 0 Å². The topological polar surface area (TPSA) is 40.0 Å². The number of benzene rings is 2. The van der Waals surface area contributed by atoms with E-state index >= 15 is 0 Å². The molecule has 0 atom stereocenters. The van der Waals surface area contributed by atoms with Crippen LogP contribution in [0.2, 0.25) is 0 Å². The number of hydrogen-bond acceptors (Lipinski definition) is 6. The lowest BCUT2D eigenvalue weighted by atomic mass is 10.1. The van der Waals surface area contributed by atoms with Crippen LogP contribution in [0, 0.1) is 0 Å². The van der Waals surface area contributed by atoms with Crippen LogP contribution in [0.15, 0.2) is 154 Å². The van der Waals surface area contributed by atoms with Gasteiger partial charge in [-0.2, -0.15) is 0 Å². The molecule has 0 spiro atoms. The van der Waals surface area contributed by atoms with Gasteiger partial charge in [0.15, 0.2) is 0 Å². The predicted octanol–water partition coefficient (Wildman–Crippen LogP) is 9.57. The Bertz CT molecular complexity index is 2460. The number of anilines is 2. The fourth-order valence-corrected chi connectivity index (χ4v) is 10.6. The highest BCUT2D eigenvalue weighted by atomic mass is 32.2. The molecule has 61 heavy (non-hydrogen) atoms. The Labute approximate surface area is 371 Å². The summed E-state index contributed by atoms with van der Waals surface area (Å²) in [6.45, 7) is 6.49. The Morgan fingerprint density at radius 1 is 0.541 bits per heavy atom. The molecular formula is C51H60N8S2+4. The molecule has 0 fully saturated rings. The minimum atomic E-state index is 0.951. The molecule has 0 bridgehead atoms. The molecule has 8 rings (SSSR count). The van der Waals surface area contributed by atoms with E-state index in [-0.39, 0.29) is 0 Å². The summed E-state index contributed by atoms with van der Waals surface area (Å²) in [4.78, 5) is 16.8. The number of nitrogens with zero attached hydrogens (tertiary/aromatic N) is 8. The number of thioether (sulfide) groups is 2. The van der Waals surface area contributed by atoms with Gasteiger partial charge in [0.1, 0.15) is 12.4 Å². The molecular weight excluding hydrogens is 789 g/mol. The van der Waals surface area contributed by atoms with E-state index < -0.39 is 0 Å². The number of hydrogen-bond donors (Lipinski definition) is 0. The van der Waals surface area contributed by atoms with E-state index in [4.69, 9.17) is 9.97 Å². The lowest BCUT2D eigenvalue weighted by Crippen LogP contribution is -2.47. The number of fused-ring (bicyclic) bond motifs is 4. The normalized spacial score (nSPS) is 15.7. The van der Waals surface area contributed by atoms with Gasteiger partial charge in [-0.25, -0.2) is 9.13 Å². The van der Waals surface area contributed by atoms with Gasteiger partial charge >= 0.3 is 11.3 Å². The van der Waals surface area contributed by atoms with E-state index in [9.17, 15) is 0 Å². The van der Waals surface area contributed by atoms with Gasteiger partial charge in [0.25, 0.3) is 0 Å². The molecule has 2 aromatic carbocycles. The van der Waals surface area contributed by atoms with Gasteiger partial charge in [0.2, 0.25) is 0 Å². The number of rotatable bonds is 16. The van der Waals surface area contributed by atoms with E-state index in [2.05, 4.69) is 183 Å². The molecule has 0 unspecified atom stereocenters. The number of aromatic nitrogens is 4. The summed E-state index contributed by atoms with van der Waals surface area (Å²) in [5.41, 5.74) is 6.99. The fourth-order valence-electron chi connectivity index (χ4n) is 8.50. The summed E-state index contributed by atoms with van der Waals surface area (Å²) in [7, 11) is 13.8. The van der Waals surface area contributed by atoms with Crippen molar-refractivity contribution in [3.05, 3.63) is 155 Å². The highest BCUT2D eigenvalue weighted by Crippen LogP contribution is 2.45. The first kappa shape index (κ1) is 42.4. The number of para-hydroxylation sites is 2. The van der Waals surface area contributed by atoms with Gasteiger partial charge in [0.05, 0.1) is 112 Å². The second kappa shape index (κ2) is 18.8. The standard InChI is InChI=1S/C51H60N8S2/c1-54-44-22-7-9-24-46(44)60-48(54)26-11-18-40-28-34-56(50-42(40)20-13-30-52-50)32-15-36-58(3,4)38-17-39-59(5,6)37-16-33-57-35-29-41(43-21-14-31-53-51(43)57)19-12-27-49-55(2)45-23-8-10-25-47(45)61-49/h7-14,18-31,34-35H,15-17,32-33,36-39H2,1-6H3/q+4. The van der Waals surface area contributed by atoms with Crippen LogP contribution in [-0.2, 0) is 13.1 Å². The van der Waals surface area contributed by atoms with Crippen molar-refractivity contribution >= 4 is 69.1 Å². The Balaban J connectivity index is 0.799. The number of allylic oxidation sites excluding steroid dienone is 4. The maximum absolute atomic E-state index is 4.83. The van der Waals surface area contributed by atoms with Gasteiger partial charge in [0, 0.05) is 43.1 Å². The van der Waals surface area contributed by atoms with Crippen LogP contribution in [-0.4, -0.2) is 87.4 Å². The summed E-state index contributed by atoms with van der Waals surface area (Å²) >= 11 is 3.64. The van der Waals surface area contributed by atoms with Gasteiger partial charge in [-0.3, -0.25) is 0 Å². The van der Waals surface area contributed by atoms with Crippen molar-refractivity contribution in [2.24, 2.45) is 0 Å². The van der Waals surface area contributed by atoms with Gasteiger partial charge < -0.3 is 18.8 Å². The van der Waals surface area contributed by atoms with Crippen molar-refractivity contribution in [3.63, 3.8) is 0 Å². The van der Waals surface area contributed by atoms with Crippen LogP contribution >= 0.6 is 23.5 Å². The molecule has 0 saturated carbocycles. The molecule has 4 aromatic heterocycles. The first-order valence-corrected chi connectivity index (χ1v) is 23.1. The van der Waals surface area contributed by atoms with Crippen molar-refractivity contribution in [1.82, 2.24) is 9.97 Å². The maximum atomic E-state index is 4.83. The van der Waals surface area contributed by atoms with Gasteiger partial charge in [-0.1, -0.05) is 72.1 Å². The molecule has 0 aliphatic carbocycles. The molecule has 2 aliphatic heterocycles. The molecule has 0 radical (unpaired) electrons. The van der Waals surface area contributed by atoms with Crippen molar-refractivity contribution < 1.29 is 18.1 Å². The Hall–Kier alpha value is -5.26. The molecule has 0 amide bonds. The first-order chi connectivity index (χ1) is 29.6. The molecule has 312 valence electrons. The summed E-state index contributed by atoms with van der Waals surface area (Å²) in [5, 5.41) is 4.83. The molecule has 0 N–H and O–H groups in total. The summed E-state index contributed by atoms with van der Waals surface area (Å²) in [5.74, 6) is 0. The summed E-state index contributed by atoms with van der Waals surface area (Å²) < 4.78 is 6.70. The third kappa shape index (κ3) is 10.1. The zero-order valence-corrected chi connectivity index (χ0v) is 38.2. The van der Waals surface area contributed by atoms with Gasteiger partial charge in [-0.15, -0.1) is 0 Å². The highest BCUT2D eigenvalue weighted by molar-refractivity contribution is 8.04. The molecule has 8 nitrogen and oxygen atoms in total. The zero-order chi connectivity index (χ0) is 42.4. The fraction of sp³-hybridized carbons (Fsp3) is 0.294. The highest BCUT2D eigenvalue weighted by Gasteiger charge is 2.24. The van der Waals surface area contributed by atoms with Crippen LogP contribution in [0.25, 0.3) is 34.2 Å². The van der Waals surface area contributed by atoms with Crippen LogP contribution in [0.5, 0.6) is 0 Å². The summed E-state index contributed by atoms with van der Waals surface area (Å²) in [6, 6.07) is 30.1. The third-order valence-corrected chi connectivity index (χ3v) is 14.4. The number of pyridine rings is 4. The van der Waals surface area contributed by atoms with Crippen molar-refractivity contribution in [2.45, 2.75) is 42.1 Å². The van der Waals surface area contributed by atoms with Crippen molar-refractivity contribution in [3.8, 4) is 0 Å². The van der Waals surface area contributed by atoms with E-state index in [1.54, 1.807) is 0 Å². The van der Waals surface area contributed by atoms with Crippen LogP contribution in [0.3, 0.4) is 0 Å². The van der Waals surface area contributed by atoms with Crippen LogP contribution in [0.1, 0.15) is 30.4 Å². The average Bonchev–Trinajstić information content (AvgIpc) is 3.76. The van der Waals surface area contributed by atoms with Crippen LogP contribution in [0.4, 0.5) is 11.4 Å². The van der Waals surface area contributed by atoms with E-state index in [0.717, 1.165) is 59.3 Å². The Morgan fingerprint density at radius 2 is 0.967 bits per heavy atom. The first-order valence-electron chi connectivity index (χ1n) is 21.5. The smallest absolute Gasteiger partial charge is 0.330 e. The van der Waals surface area contributed by atoms with E-state index in [0.29, 0.717) is 0 Å². The lowest BCUT2D eigenvalue weighted by molar-refractivity contribution is -0.911. The minimum absolute atomic E-state index is 0.951. The maximum Gasteiger partial charge on any atom is 0.330 e. The largest absolute Gasteiger partial charge is 0.338 e.